The molecule has 0 atom stereocenters. The summed E-state index contributed by atoms with van der Waals surface area (Å²) >= 11 is 1.38. The summed E-state index contributed by atoms with van der Waals surface area (Å²) in [5.74, 6) is 2.23. The largest absolute Gasteiger partial charge is 0.486 e. The van der Waals surface area contributed by atoms with Crippen molar-refractivity contribution in [3.8, 4) is 5.75 Å². The van der Waals surface area contributed by atoms with E-state index in [0.717, 1.165) is 22.8 Å². The molecule has 2 aromatic carbocycles. The minimum Gasteiger partial charge on any atom is -0.486 e. The molecule has 0 aliphatic heterocycles. The maximum atomic E-state index is 12.4. The summed E-state index contributed by atoms with van der Waals surface area (Å²) in [7, 11) is 0. The number of thioether (sulfide) groups is 1. The van der Waals surface area contributed by atoms with E-state index < -0.39 is 0 Å². The summed E-state index contributed by atoms with van der Waals surface area (Å²) in [6.45, 7) is 11.5. The lowest BCUT2D eigenvalue weighted by Gasteiger charge is -2.10. The maximum absolute atomic E-state index is 12.4. The number of carbonyl (C=O) groups is 1. The number of hydrogen-bond acceptors (Lipinski definition) is 5. The van der Waals surface area contributed by atoms with E-state index in [1.54, 1.807) is 0 Å². The zero-order valence-corrected chi connectivity index (χ0v) is 19.6. The van der Waals surface area contributed by atoms with Gasteiger partial charge >= 0.3 is 0 Å². The molecule has 1 amide bonds. The zero-order valence-electron chi connectivity index (χ0n) is 18.8. The standard InChI is InChI=1S/C24H30N4O2S/c1-6-28-22(14-30-21-11-8-19(9-12-21)16(2)3)26-27-24(28)31-15-23(29)25-20-10-7-17(4)18(5)13-20/h7-13,16H,6,14-15H2,1-5H3,(H,25,29). The van der Waals surface area contributed by atoms with E-state index in [9.17, 15) is 4.79 Å². The van der Waals surface area contributed by atoms with Gasteiger partial charge in [-0.3, -0.25) is 4.79 Å². The van der Waals surface area contributed by atoms with Crippen molar-refractivity contribution in [2.45, 2.75) is 58.8 Å². The first-order valence-electron chi connectivity index (χ1n) is 10.5. The van der Waals surface area contributed by atoms with Crippen LogP contribution >= 0.6 is 11.8 Å². The molecule has 3 aromatic rings. The Labute approximate surface area is 188 Å². The highest BCUT2D eigenvalue weighted by Gasteiger charge is 2.14. The number of benzene rings is 2. The van der Waals surface area contributed by atoms with Crippen LogP contribution in [0.5, 0.6) is 5.75 Å². The highest BCUT2D eigenvalue weighted by atomic mass is 32.2. The molecule has 1 aromatic heterocycles. The fourth-order valence-electron chi connectivity index (χ4n) is 3.09. The molecule has 0 fully saturated rings. The number of amides is 1. The van der Waals surface area contributed by atoms with Crippen molar-refractivity contribution in [2.24, 2.45) is 0 Å². The van der Waals surface area contributed by atoms with E-state index in [-0.39, 0.29) is 11.7 Å². The van der Waals surface area contributed by atoms with Gasteiger partial charge in [-0.1, -0.05) is 43.8 Å². The first kappa shape index (κ1) is 22.9. The molecule has 0 radical (unpaired) electrons. The first-order valence-corrected chi connectivity index (χ1v) is 11.5. The molecule has 1 heterocycles. The third kappa shape index (κ3) is 6.10. The average Bonchev–Trinajstić information content (AvgIpc) is 3.15. The van der Waals surface area contributed by atoms with Gasteiger partial charge < -0.3 is 14.6 Å². The van der Waals surface area contributed by atoms with Gasteiger partial charge in [0.1, 0.15) is 12.4 Å². The highest BCUT2D eigenvalue weighted by molar-refractivity contribution is 7.99. The van der Waals surface area contributed by atoms with Gasteiger partial charge in [-0.05, 0) is 67.6 Å². The van der Waals surface area contributed by atoms with E-state index in [0.29, 0.717) is 24.2 Å². The van der Waals surface area contributed by atoms with Gasteiger partial charge in [0.25, 0.3) is 0 Å². The van der Waals surface area contributed by atoms with Crippen LogP contribution in [0.15, 0.2) is 47.6 Å². The van der Waals surface area contributed by atoms with Gasteiger partial charge in [-0.15, -0.1) is 10.2 Å². The summed E-state index contributed by atoms with van der Waals surface area (Å²) < 4.78 is 7.88. The number of nitrogens with zero attached hydrogens (tertiary/aromatic N) is 3. The number of ether oxygens (including phenoxy) is 1. The second-order valence-corrected chi connectivity index (χ2v) is 8.73. The van der Waals surface area contributed by atoms with E-state index >= 15 is 0 Å². The molecule has 0 saturated heterocycles. The van der Waals surface area contributed by atoms with Crippen molar-refractivity contribution in [3.05, 3.63) is 65.0 Å². The number of hydrogen-bond donors (Lipinski definition) is 1. The van der Waals surface area contributed by atoms with E-state index in [1.165, 1.54) is 22.9 Å². The van der Waals surface area contributed by atoms with E-state index in [1.807, 2.05) is 48.7 Å². The molecule has 0 spiro atoms. The summed E-state index contributed by atoms with van der Waals surface area (Å²) in [5.41, 5.74) is 4.44. The smallest absolute Gasteiger partial charge is 0.234 e. The van der Waals surface area contributed by atoms with E-state index in [4.69, 9.17) is 4.74 Å². The van der Waals surface area contributed by atoms with Crippen LogP contribution in [0.1, 0.15) is 49.2 Å². The Kier molecular flexibility index (Phi) is 7.74. The Morgan fingerprint density at radius 1 is 1.10 bits per heavy atom. The van der Waals surface area contributed by atoms with E-state index in [2.05, 4.69) is 48.4 Å². The fraction of sp³-hybridized carbons (Fsp3) is 0.375. The van der Waals surface area contributed by atoms with Crippen LogP contribution in [0.4, 0.5) is 5.69 Å². The Morgan fingerprint density at radius 3 is 2.48 bits per heavy atom. The fourth-order valence-corrected chi connectivity index (χ4v) is 3.91. The molecule has 3 rings (SSSR count). The van der Waals surface area contributed by atoms with Gasteiger partial charge in [0.05, 0.1) is 5.75 Å². The Hall–Kier alpha value is -2.80. The highest BCUT2D eigenvalue weighted by Crippen LogP contribution is 2.21. The lowest BCUT2D eigenvalue weighted by Crippen LogP contribution is -2.15. The molecule has 0 aliphatic carbocycles. The second-order valence-electron chi connectivity index (χ2n) is 7.79. The van der Waals surface area contributed by atoms with Crippen LogP contribution in [-0.2, 0) is 17.9 Å². The van der Waals surface area contributed by atoms with Gasteiger partial charge in [0, 0.05) is 12.2 Å². The van der Waals surface area contributed by atoms with Crippen molar-refractivity contribution in [1.29, 1.82) is 0 Å². The minimum absolute atomic E-state index is 0.0676. The normalized spacial score (nSPS) is 11.0. The molecule has 1 N–H and O–H groups in total. The Bertz CT molecular complexity index is 1030. The quantitative estimate of drug-likeness (QED) is 0.456. The van der Waals surface area contributed by atoms with Gasteiger partial charge in [-0.25, -0.2) is 0 Å². The Balaban J connectivity index is 1.56. The summed E-state index contributed by atoms with van der Waals surface area (Å²) in [6.07, 6.45) is 0. The molecule has 0 bridgehead atoms. The van der Waals surface area contributed by atoms with Crippen molar-refractivity contribution >= 4 is 23.4 Å². The molecule has 164 valence electrons. The summed E-state index contributed by atoms with van der Waals surface area (Å²) in [6, 6.07) is 14.0. The number of nitrogens with one attached hydrogen (secondary N) is 1. The van der Waals surface area contributed by atoms with Gasteiger partial charge in [0.15, 0.2) is 11.0 Å². The van der Waals surface area contributed by atoms with Crippen LogP contribution < -0.4 is 10.1 Å². The van der Waals surface area contributed by atoms with Crippen molar-refractivity contribution in [1.82, 2.24) is 14.8 Å². The third-order valence-corrected chi connectivity index (χ3v) is 6.11. The molecule has 31 heavy (non-hydrogen) atoms. The topological polar surface area (TPSA) is 69.0 Å². The number of aryl methyl sites for hydroxylation is 2. The molecule has 0 aliphatic rings. The molecular formula is C24H30N4O2S. The minimum atomic E-state index is -0.0676. The molecule has 0 unspecified atom stereocenters. The number of aromatic nitrogens is 3. The van der Waals surface area contributed by atoms with Crippen LogP contribution in [0.3, 0.4) is 0 Å². The molecule has 6 nitrogen and oxygen atoms in total. The van der Waals surface area contributed by atoms with Crippen molar-refractivity contribution < 1.29 is 9.53 Å². The predicted octanol–water partition coefficient (Wildman–Crippen LogP) is 5.35. The zero-order chi connectivity index (χ0) is 22.4. The van der Waals surface area contributed by atoms with Crippen LogP contribution in [-0.4, -0.2) is 26.4 Å². The monoisotopic (exact) mass is 438 g/mol. The van der Waals surface area contributed by atoms with Crippen molar-refractivity contribution in [3.63, 3.8) is 0 Å². The third-order valence-electron chi connectivity index (χ3n) is 5.15. The van der Waals surface area contributed by atoms with Crippen LogP contribution in [0.25, 0.3) is 0 Å². The van der Waals surface area contributed by atoms with Crippen molar-refractivity contribution in [2.75, 3.05) is 11.1 Å². The van der Waals surface area contributed by atoms with Gasteiger partial charge in [0.2, 0.25) is 5.91 Å². The number of carbonyl (C=O) groups excluding carboxylic acids is 1. The van der Waals surface area contributed by atoms with Gasteiger partial charge in [-0.2, -0.15) is 0 Å². The molecular weight excluding hydrogens is 408 g/mol. The number of rotatable bonds is 9. The number of anilines is 1. The first-order chi connectivity index (χ1) is 14.9. The maximum Gasteiger partial charge on any atom is 0.234 e. The Morgan fingerprint density at radius 2 is 1.84 bits per heavy atom. The summed E-state index contributed by atoms with van der Waals surface area (Å²) in [5, 5.41) is 12.2. The SMILES string of the molecule is CCn1c(COc2ccc(C(C)C)cc2)nnc1SCC(=O)Nc1ccc(C)c(C)c1. The second kappa shape index (κ2) is 10.5. The average molecular weight is 439 g/mol. The lowest BCUT2D eigenvalue weighted by molar-refractivity contribution is -0.113. The van der Waals surface area contributed by atoms with Crippen LogP contribution in [0.2, 0.25) is 0 Å². The van der Waals surface area contributed by atoms with Crippen LogP contribution in [0, 0.1) is 13.8 Å². The molecule has 0 saturated carbocycles. The predicted molar refractivity (Wildman–Crippen MR) is 126 cm³/mol. The molecule has 7 heteroatoms. The summed E-state index contributed by atoms with van der Waals surface area (Å²) in [4.78, 5) is 12.4. The lowest BCUT2D eigenvalue weighted by atomic mass is 10.0.